The molecule has 2 aromatic rings. The predicted molar refractivity (Wildman–Crippen MR) is 82.7 cm³/mol. The first-order chi connectivity index (χ1) is 9.45. The van der Waals surface area contributed by atoms with Crippen LogP contribution < -0.4 is 0 Å². The van der Waals surface area contributed by atoms with E-state index in [1.165, 1.54) is 9.18 Å². The van der Waals surface area contributed by atoms with Crippen molar-refractivity contribution in [2.24, 2.45) is 0 Å². The molecule has 2 heterocycles. The van der Waals surface area contributed by atoms with Gasteiger partial charge in [-0.15, -0.1) is 22.7 Å². The third-order valence-electron chi connectivity index (χ3n) is 3.12. The van der Waals surface area contributed by atoms with Gasteiger partial charge in [0.1, 0.15) is 4.21 Å². The summed E-state index contributed by atoms with van der Waals surface area (Å²) in [7, 11) is -1.88. The van der Waals surface area contributed by atoms with Gasteiger partial charge >= 0.3 is 0 Å². The number of rotatable bonds is 6. The first kappa shape index (κ1) is 15.7. The molecule has 7 heteroatoms. The van der Waals surface area contributed by atoms with Crippen molar-refractivity contribution < 1.29 is 13.5 Å². The zero-order chi connectivity index (χ0) is 14.8. The lowest BCUT2D eigenvalue weighted by molar-refractivity contribution is 0.285. The number of likely N-dealkylation sites (N-methyl/N-ethyl adjacent to an activating group) is 1. The van der Waals surface area contributed by atoms with Crippen LogP contribution in [-0.2, 0) is 23.1 Å². The van der Waals surface area contributed by atoms with Crippen LogP contribution in [0.15, 0.2) is 33.9 Å². The van der Waals surface area contributed by atoms with E-state index >= 15 is 0 Å². The summed E-state index contributed by atoms with van der Waals surface area (Å²) in [6.07, 6.45) is 0.700. The zero-order valence-corrected chi connectivity index (χ0v) is 13.8. The lowest BCUT2D eigenvalue weighted by Gasteiger charge is -2.23. The molecular weight excluding hydrogens is 314 g/mol. The van der Waals surface area contributed by atoms with Crippen molar-refractivity contribution in [3.63, 3.8) is 0 Å². The molecule has 0 spiro atoms. The van der Waals surface area contributed by atoms with Crippen LogP contribution in [0.2, 0.25) is 0 Å². The van der Waals surface area contributed by atoms with Crippen LogP contribution in [0.25, 0.3) is 0 Å². The van der Waals surface area contributed by atoms with E-state index in [1.807, 2.05) is 24.4 Å². The Morgan fingerprint density at radius 3 is 2.60 bits per heavy atom. The molecule has 20 heavy (non-hydrogen) atoms. The van der Waals surface area contributed by atoms with Gasteiger partial charge in [0.25, 0.3) is 10.0 Å². The molecule has 1 N–H and O–H groups in total. The van der Waals surface area contributed by atoms with Crippen molar-refractivity contribution >= 4 is 32.7 Å². The summed E-state index contributed by atoms with van der Waals surface area (Å²) in [6, 6.07) is 7.07. The summed E-state index contributed by atoms with van der Waals surface area (Å²) < 4.78 is 26.7. The standard InChI is InChI=1S/C13H17NO3S3/c1-10(8-11-4-3-7-18-11)14(2)20(16,17)13-6-5-12(9-15)19-13/h3-7,10,15H,8-9H2,1-2H3. The molecule has 110 valence electrons. The molecule has 0 radical (unpaired) electrons. The minimum absolute atomic E-state index is 0.113. The Balaban J connectivity index is 2.15. The monoisotopic (exact) mass is 331 g/mol. The van der Waals surface area contributed by atoms with Crippen LogP contribution in [0.4, 0.5) is 0 Å². The number of nitrogens with zero attached hydrogens (tertiary/aromatic N) is 1. The van der Waals surface area contributed by atoms with Gasteiger partial charge < -0.3 is 5.11 Å². The number of aliphatic hydroxyl groups excluding tert-OH is 1. The summed E-state index contributed by atoms with van der Waals surface area (Å²) in [5, 5.41) is 11.0. The smallest absolute Gasteiger partial charge is 0.252 e. The highest BCUT2D eigenvalue weighted by Gasteiger charge is 2.27. The molecule has 2 aromatic heterocycles. The number of hydrogen-bond donors (Lipinski definition) is 1. The highest BCUT2D eigenvalue weighted by Crippen LogP contribution is 2.26. The van der Waals surface area contributed by atoms with Gasteiger partial charge in [-0.1, -0.05) is 6.07 Å². The summed E-state index contributed by atoms with van der Waals surface area (Å²) >= 11 is 2.75. The molecular formula is C13H17NO3S3. The molecule has 0 bridgehead atoms. The zero-order valence-electron chi connectivity index (χ0n) is 11.3. The molecule has 1 unspecified atom stereocenters. The Hall–Kier alpha value is -0.730. The second-order valence-corrected chi connectivity index (χ2v) is 8.96. The van der Waals surface area contributed by atoms with E-state index in [9.17, 15) is 8.42 Å². The molecule has 0 aliphatic heterocycles. The van der Waals surface area contributed by atoms with Gasteiger partial charge in [0.2, 0.25) is 0 Å². The Kier molecular flexibility index (Phi) is 4.98. The average Bonchev–Trinajstić information content (AvgIpc) is 3.08. The van der Waals surface area contributed by atoms with Crippen molar-refractivity contribution in [3.05, 3.63) is 39.4 Å². The predicted octanol–water partition coefficient (Wildman–Crippen LogP) is 2.55. The lowest BCUT2D eigenvalue weighted by Crippen LogP contribution is -2.35. The van der Waals surface area contributed by atoms with E-state index in [4.69, 9.17) is 5.11 Å². The van der Waals surface area contributed by atoms with Gasteiger partial charge in [-0.2, -0.15) is 4.31 Å². The Labute approximate surface area is 127 Å². The van der Waals surface area contributed by atoms with Crippen molar-refractivity contribution in [3.8, 4) is 0 Å². The third-order valence-corrected chi connectivity index (χ3v) is 7.53. The fraction of sp³-hybridized carbons (Fsp3) is 0.385. The Bertz CT molecular complexity index is 646. The summed E-state index contributed by atoms with van der Waals surface area (Å²) in [5.41, 5.74) is 0. The summed E-state index contributed by atoms with van der Waals surface area (Å²) in [4.78, 5) is 1.82. The second kappa shape index (κ2) is 6.36. The van der Waals surface area contributed by atoms with Crippen molar-refractivity contribution in [2.75, 3.05) is 7.05 Å². The van der Waals surface area contributed by atoms with E-state index in [0.29, 0.717) is 11.3 Å². The highest BCUT2D eigenvalue weighted by molar-refractivity contribution is 7.91. The molecule has 0 fully saturated rings. The molecule has 4 nitrogen and oxygen atoms in total. The topological polar surface area (TPSA) is 57.6 Å². The van der Waals surface area contributed by atoms with E-state index in [-0.39, 0.29) is 16.9 Å². The van der Waals surface area contributed by atoms with Gasteiger partial charge in [-0.3, -0.25) is 0 Å². The maximum Gasteiger partial charge on any atom is 0.252 e. The lowest BCUT2D eigenvalue weighted by atomic mass is 10.2. The summed E-state index contributed by atoms with van der Waals surface area (Å²) in [6.45, 7) is 1.77. The van der Waals surface area contributed by atoms with Crippen LogP contribution in [0, 0.1) is 0 Å². The van der Waals surface area contributed by atoms with Crippen molar-refractivity contribution in [1.82, 2.24) is 4.31 Å². The molecule has 0 saturated heterocycles. The fourth-order valence-electron chi connectivity index (χ4n) is 1.81. The normalized spacial score (nSPS) is 13.8. The van der Waals surface area contributed by atoms with E-state index in [2.05, 4.69) is 0 Å². The van der Waals surface area contributed by atoms with Crippen LogP contribution in [0.3, 0.4) is 0 Å². The summed E-state index contributed by atoms with van der Waals surface area (Å²) in [5.74, 6) is 0. The highest BCUT2D eigenvalue weighted by atomic mass is 32.2. The van der Waals surface area contributed by atoms with Crippen LogP contribution in [-0.4, -0.2) is 30.9 Å². The van der Waals surface area contributed by atoms with Gasteiger partial charge in [-0.05, 0) is 36.9 Å². The van der Waals surface area contributed by atoms with Crippen LogP contribution in [0.5, 0.6) is 0 Å². The first-order valence-corrected chi connectivity index (χ1v) is 9.28. The van der Waals surface area contributed by atoms with Crippen molar-refractivity contribution in [2.45, 2.75) is 30.2 Å². The minimum Gasteiger partial charge on any atom is -0.391 e. The second-order valence-electron chi connectivity index (χ2n) is 4.53. The molecule has 0 saturated carbocycles. The third kappa shape index (κ3) is 3.29. The van der Waals surface area contributed by atoms with E-state index < -0.39 is 10.0 Å². The van der Waals surface area contributed by atoms with E-state index in [0.717, 1.165) is 11.3 Å². The molecule has 0 aliphatic rings. The quantitative estimate of drug-likeness (QED) is 0.885. The van der Waals surface area contributed by atoms with Gasteiger partial charge in [0.15, 0.2) is 0 Å². The number of hydrogen-bond acceptors (Lipinski definition) is 5. The molecule has 1 atom stereocenters. The number of thiophene rings is 2. The van der Waals surface area contributed by atoms with Gasteiger partial charge in [0.05, 0.1) is 6.61 Å². The van der Waals surface area contributed by atoms with Crippen LogP contribution in [0.1, 0.15) is 16.7 Å². The Morgan fingerprint density at radius 2 is 2.05 bits per heavy atom. The SMILES string of the molecule is CC(Cc1cccs1)N(C)S(=O)(=O)c1ccc(CO)s1. The average molecular weight is 331 g/mol. The van der Waals surface area contributed by atoms with Gasteiger partial charge in [-0.25, -0.2) is 8.42 Å². The van der Waals surface area contributed by atoms with Gasteiger partial charge in [0, 0.05) is 22.8 Å². The molecule has 2 rings (SSSR count). The Morgan fingerprint density at radius 1 is 1.30 bits per heavy atom. The number of sulfonamides is 1. The first-order valence-electron chi connectivity index (χ1n) is 6.15. The molecule has 0 aliphatic carbocycles. The maximum atomic E-state index is 12.5. The molecule has 0 amide bonds. The fourth-order valence-corrected chi connectivity index (χ4v) is 5.40. The number of aliphatic hydroxyl groups is 1. The molecule has 0 aromatic carbocycles. The van der Waals surface area contributed by atoms with Crippen LogP contribution >= 0.6 is 22.7 Å². The van der Waals surface area contributed by atoms with Crippen molar-refractivity contribution in [1.29, 1.82) is 0 Å². The minimum atomic E-state index is -3.49. The largest absolute Gasteiger partial charge is 0.391 e. The van der Waals surface area contributed by atoms with E-state index in [1.54, 1.807) is 30.5 Å². The maximum absolute atomic E-state index is 12.5.